The van der Waals surface area contributed by atoms with Crippen LogP contribution in [0.15, 0.2) is 18.3 Å². The highest BCUT2D eigenvalue weighted by Crippen LogP contribution is 2.23. The molecule has 0 amide bonds. The summed E-state index contributed by atoms with van der Waals surface area (Å²) in [5.41, 5.74) is 0.903. The van der Waals surface area contributed by atoms with Gasteiger partial charge in [0.15, 0.2) is 5.82 Å². The molecule has 3 fully saturated rings. The molecule has 160 valence electrons. The summed E-state index contributed by atoms with van der Waals surface area (Å²) in [5.74, 6) is 3.07. The van der Waals surface area contributed by atoms with Crippen molar-refractivity contribution in [3.8, 4) is 11.4 Å². The summed E-state index contributed by atoms with van der Waals surface area (Å²) >= 11 is 0. The average Bonchev–Trinajstić information content (AvgIpc) is 2.85. The van der Waals surface area contributed by atoms with Crippen molar-refractivity contribution in [3.05, 3.63) is 18.3 Å². The highest BCUT2D eigenvalue weighted by atomic mass is 16.5. The van der Waals surface area contributed by atoms with Crippen LogP contribution >= 0.6 is 0 Å². The molecule has 0 radical (unpaired) electrons. The molecule has 0 unspecified atom stereocenters. The Bertz CT molecular complexity index is 795. The predicted octanol–water partition coefficient (Wildman–Crippen LogP) is 0.0164. The summed E-state index contributed by atoms with van der Waals surface area (Å²) in [5, 5.41) is 3.37. The minimum absolute atomic E-state index is 0.660. The lowest BCUT2D eigenvalue weighted by molar-refractivity contribution is 0.121. The zero-order chi connectivity index (χ0) is 20.2. The molecule has 0 bridgehead atoms. The first-order chi connectivity index (χ1) is 14.9. The molecule has 10 nitrogen and oxygen atoms in total. The smallest absolute Gasteiger partial charge is 0.230 e. The number of nitrogens with zero attached hydrogens (tertiary/aromatic N) is 7. The Labute approximate surface area is 176 Å². The Kier molecular flexibility index (Phi) is 5.87. The molecule has 0 spiro atoms. The first-order valence-electron chi connectivity index (χ1n) is 10.7. The van der Waals surface area contributed by atoms with E-state index in [1.807, 2.05) is 6.20 Å². The minimum Gasteiger partial charge on any atom is -0.378 e. The van der Waals surface area contributed by atoms with Crippen LogP contribution in [0.3, 0.4) is 0 Å². The second-order valence-electron chi connectivity index (χ2n) is 7.60. The molecule has 3 saturated heterocycles. The fourth-order valence-electron chi connectivity index (χ4n) is 3.89. The average molecular weight is 412 g/mol. The SMILES string of the molecule is c1cc(N2CCNCC2)ncc1-c1nc(N2CCOCC2)nc(N2CCOCC2)n1. The van der Waals surface area contributed by atoms with E-state index in [-0.39, 0.29) is 0 Å². The standard InChI is InChI=1S/C20H28N8O2/c1-2-17(26-5-3-21-4-6-26)22-15-16(1)18-23-19(27-7-11-29-12-8-27)25-20(24-18)28-9-13-30-14-10-28/h1-2,15,21H,3-14H2. The Hall–Kier alpha value is -2.56. The second-order valence-corrected chi connectivity index (χ2v) is 7.60. The molecule has 3 aliphatic rings. The molecular weight excluding hydrogens is 384 g/mol. The van der Waals surface area contributed by atoms with Gasteiger partial charge in [-0.3, -0.25) is 0 Å². The lowest BCUT2D eigenvalue weighted by atomic mass is 10.2. The van der Waals surface area contributed by atoms with Gasteiger partial charge in [-0.15, -0.1) is 0 Å². The number of hydrogen-bond acceptors (Lipinski definition) is 10. The van der Waals surface area contributed by atoms with Gasteiger partial charge in [0, 0.05) is 64.1 Å². The minimum atomic E-state index is 0.660. The fraction of sp³-hybridized carbons (Fsp3) is 0.600. The van der Waals surface area contributed by atoms with Crippen LogP contribution < -0.4 is 20.0 Å². The number of ether oxygens (including phenoxy) is 2. The molecule has 2 aromatic heterocycles. The highest BCUT2D eigenvalue weighted by Gasteiger charge is 2.21. The van der Waals surface area contributed by atoms with Gasteiger partial charge < -0.3 is 29.5 Å². The van der Waals surface area contributed by atoms with Gasteiger partial charge in [-0.05, 0) is 12.1 Å². The van der Waals surface area contributed by atoms with Crippen LogP contribution in [0.4, 0.5) is 17.7 Å². The van der Waals surface area contributed by atoms with Gasteiger partial charge in [0.05, 0.1) is 26.4 Å². The first kappa shape index (κ1) is 19.4. The quantitative estimate of drug-likeness (QED) is 0.741. The molecule has 10 heteroatoms. The Morgan fingerprint density at radius 3 is 1.83 bits per heavy atom. The van der Waals surface area contributed by atoms with Crippen molar-refractivity contribution >= 4 is 17.7 Å². The third-order valence-corrected chi connectivity index (χ3v) is 5.65. The van der Waals surface area contributed by atoms with Crippen molar-refractivity contribution in [2.24, 2.45) is 0 Å². The molecule has 30 heavy (non-hydrogen) atoms. The maximum Gasteiger partial charge on any atom is 0.230 e. The molecule has 3 aliphatic heterocycles. The van der Waals surface area contributed by atoms with E-state index >= 15 is 0 Å². The third kappa shape index (κ3) is 4.30. The normalized spacial score (nSPS) is 20.5. The van der Waals surface area contributed by atoms with Gasteiger partial charge in [-0.25, -0.2) is 4.98 Å². The monoisotopic (exact) mass is 412 g/mol. The number of anilines is 3. The number of rotatable bonds is 4. The summed E-state index contributed by atoms with van der Waals surface area (Å²) in [4.78, 5) is 25.7. The number of aromatic nitrogens is 4. The van der Waals surface area contributed by atoms with E-state index in [9.17, 15) is 0 Å². The zero-order valence-corrected chi connectivity index (χ0v) is 17.2. The van der Waals surface area contributed by atoms with Gasteiger partial charge in [0.2, 0.25) is 11.9 Å². The van der Waals surface area contributed by atoms with Gasteiger partial charge in [-0.2, -0.15) is 15.0 Å². The van der Waals surface area contributed by atoms with E-state index in [1.165, 1.54) is 0 Å². The van der Waals surface area contributed by atoms with Crippen molar-refractivity contribution in [1.82, 2.24) is 25.3 Å². The van der Waals surface area contributed by atoms with Crippen LogP contribution in [-0.4, -0.2) is 98.7 Å². The molecule has 0 aromatic carbocycles. The third-order valence-electron chi connectivity index (χ3n) is 5.65. The van der Waals surface area contributed by atoms with Crippen molar-refractivity contribution in [3.63, 3.8) is 0 Å². The number of nitrogens with one attached hydrogen (secondary N) is 1. The number of morpholine rings is 2. The Morgan fingerprint density at radius 1 is 0.700 bits per heavy atom. The second kappa shape index (κ2) is 9.07. The van der Waals surface area contributed by atoms with Crippen molar-refractivity contribution in [2.45, 2.75) is 0 Å². The number of piperazine rings is 1. The van der Waals surface area contributed by atoms with E-state index < -0.39 is 0 Å². The van der Waals surface area contributed by atoms with Gasteiger partial charge in [0.1, 0.15) is 5.82 Å². The van der Waals surface area contributed by atoms with E-state index in [1.54, 1.807) is 0 Å². The summed E-state index contributed by atoms with van der Waals surface area (Å²) in [6, 6.07) is 4.12. The first-order valence-corrected chi connectivity index (χ1v) is 10.7. The number of pyridine rings is 1. The fourth-order valence-corrected chi connectivity index (χ4v) is 3.89. The number of hydrogen-bond donors (Lipinski definition) is 1. The largest absolute Gasteiger partial charge is 0.378 e. The molecule has 0 atom stereocenters. The van der Waals surface area contributed by atoms with E-state index in [2.05, 4.69) is 32.1 Å². The molecule has 1 N–H and O–H groups in total. The molecular formula is C20H28N8O2. The van der Waals surface area contributed by atoms with Crippen molar-refractivity contribution in [2.75, 3.05) is 93.5 Å². The molecule has 2 aromatic rings. The summed E-state index contributed by atoms with van der Waals surface area (Å²) < 4.78 is 11.0. The lowest BCUT2D eigenvalue weighted by Gasteiger charge is -2.30. The summed E-state index contributed by atoms with van der Waals surface area (Å²) in [7, 11) is 0. The van der Waals surface area contributed by atoms with E-state index in [0.717, 1.165) is 63.7 Å². The van der Waals surface area contributed by atoms with Crippen LogP contribution in [0.2, 0.25) is 0 Å². The molecule has 5 rings (SSSR count). The van der Waals surface area contributed by atoms with Crippen LogP contribution in [0.25, 0.3) is 11.4 Å². The van der Waals surface area contributed by atoms with Gasteiger partial charge >= 0.3 is 0 Å². The lowest BCUT2D eigenvalue weighted by Crippen LogP contribution is -2.43. The van der Waals surface area contributed by atoms with Gasteiger partial charge in [0.25, 0.3) is 0 Å². The molecule has 5 heterocycles. The molecule has 0 aliphatic carbocycles. The maximum atomic E-state index is 5.49. The van der Waals surface area contributed by atoms with Gasteiger partial charge in [-0.1, -0.05) is 0 Å². The Balaban J connectivity index is 1.45. The Morgan fingerprint density at radius 2 is 1.30 bits per heavy atom. The maximum absolute atomic E-state index is 5.49. The van der Waals surface area contributed by atoms with Crippen LogP contribution in [-0.2, 0) is 9.47 Å². The van der Waals surface area contributed by atoms with E-state index in [0.29, 0.717) is 44.1 Å². The topological polar surface area (TPSA) is 91.8 Å². The molecule has 0 saturated carbocycles. The van der Waals surface area contributed by atoms with Crippen molar-refractivity contribution < 1.29 is 9.47 Å². The van der Waals surface area contributed by atoms with Crippen LogP contribution in [0, 0.1) is 0 Å². The zero-order valence-electron chi connectivity index (χ0n) is 17.2. The summed E-state index contributed by atoms with van der Waals surface area (Å²) in [6.45, 7) is 9.82. The summed E-state index contributed by atoms with van der Waals surface area (Å²) in [6.07, 6.45) is 1.87. The van der Waals surface area contributed by atoms with E-state index in [4.69, 9.17) is 29.4 Å². The van der Waals surface area contributed by atoms with Crippen molar-refractivity contribution in [1.29, 1.82) is 0 Å². The highest BCUT2D eigenvalue weighted by molar-refractivity contribution is 5.60. The van der Waals surface area contributed by atoms with Crippen LogP contribution in [0.5, 0.6) is 0 Å². The predicted molar refractivity (Wildman–Crippen MR) is 114 cm³/mol. The van der Waals surface area contributed by atoms with Crippen LogP contribution in [0.1, 0.15) is 0 Å².